The van der Waals surface area contributed by atoms with E-state index in [1.807, 2.05) is 0 Å². The van der Waals surface area contributed by atoms with Gasteiger partial charge in [-0.3, -0.25) is 14.4 Å². The number of phenols is 1. The molecule has 0 aromatic heterocycles. The van der Waals surface area contributed by atoms with E-state index in [4.69, 9.17) is 11.5 Å². The predicted molar refractivity (Wildman–Crippen MR) is 129 cm³/mol. The van der Waals surface area contributed by atoms with Crippen molar-refractivity contribution in [2.75, 3.05) is 6.54 Å². The van der Waals surface area contributed by atoms with Crippen LogP contribution in [0.4, 0.5) is 0 Å². The molecule has 1 rings (SSSR count). The van der Waals surface area contributed by atoms with Gasteiger partial charge in [0.15, 0.2) is 6.04 Å². The summed E-state index contributed by atoms with van der Waals surface area (Å²) in [7, 11) is 0. The number of carboxylic acid groups (broad SMARTS) is 1. The van der Waals surface area contributed by atoms with Crippen molar-refractivity contribution in [1.29, 1.82) is 0 Å². The Bertz CT molecular complexity index is 878. The van der Waals surface area contributed by atoms with Crippen molar-refractivity contribution in [1.82, 2.24) is 16.0 Å². The molecule has 0 saturated heterocycles. The Morgan fingerprint density at radius 1 is 0.861 bits per heavy atom. The number of carbonyl (C=O) groups excluding carboxylic acids is 3. The average molecular weight is 512 g/mol. The van der Waals surface area contributed by atoms with Crippen LogP contribution in [0.5, 0.6) is 5.75 Å². The first-order chi connectivity index (χ1) is 16.9. The second-order valence-electron chi connectivity index (χ2n) is 8.61. The Balaban J connectivity index is 3.07. The quantitative estimate of drug-likeness (QED) is 0.114. The molecule has 0 heterocycles. The summed E-state index contributed by atoms with van der Waals surface area (Å²) >= 11 is 0. The van der Waals surface area contributed by atoms with Gasteiger partial charge in [0.05, 0.1) is 18.2 Å². The lowest BCUT2D eigenvalue weighted by atomic mass is 10.0. The fraction of sp³-hybridized carbons (Fsp3) is 0.565. The van der Waals surface area contributed by atoms with Gasteiger partial charge in [0.1, 0.15) is 17.8 Å². The van der Waals surface area contributed by atoms with E-state index in [1.165, 1.54) is 38.1 Å². The largest absolute Gasteiger partial charge is 0.508 e. The third-order valence-corrected chi connectivity index (χ3v) is 5.42. The van der Waals surface area contributed by atoms with Crippen LogP contribution in [0.15, 0.2) is 24.3 Å². The second-order valence-corrected chi connectivity index (χ2v) is 8.61. The van der Waals surface area contributed by atoms with E-state index >= 15 is 0 Å². The molecule has 0 aliphatic carbocycles. The van der Waals surface area contributed by atoms with E-state index in [1.54, 1.807) is 0 Å². The maximum Gasteiger partial charge on any atom is 0.328 e. The van der Waals surface area contributed by atoms with Gasteiger partial charge in [-0.15, -0.1) is 0 Å². The number of amides is 3. The number of unbranched alkanes of at least 4 members (excludes halogenated alkanes) is 1. The predicted octanol–water partition coefficient (Wildman–Crippen LogP) is -2.31. The second kappa shape index (κ2) is 15.0. The number of nitrogens with two attached hydrogens (primary N) is 2. The number of aliphatic carboxylic acids is 1. The number of aliphatic hydroxyl groups is 2. The fourth-order valence-corrected chi connectivity index (χ4v) is 3.29. The summed E-state index contributed by atoms with van der Waals surface area (Å²) in [6.07, 6.45) is -1.32. The number of rotatable bonds is 15. The normalized spacial score (nSPS) is 16.1. The standard InChI is InChI=1S/C23H37N5O8/c1-12(29)18(27-20(32)16(25)5-3-4-10-24)22(34)26-17(11-14-6-8-15(31)9-7-14)21(33)28-19(13(2)30)23(35)36/h6-9,12-13,16-19,29-31H,3-5,10-11,24-25H2,1-2H3,(H,26,34)(H,27,32)(H,28,33)(H,35,36). The molecule has 202 valence electrons. The van der Waals surface area contributed by atoms with Crippen LogP contribution in [0.1, 0.15) is 38.7 Å². The molecule has 0 radical (unpaired) electrons. The van der Waals surface area contributed by atoms with Crippen LogP contribution in [0.25, 0.3) is 0 Å². The summed E-state index contributed by atoms with van der Waals surface area (Å²) in [5, 5.41) is 45.6. The summed E-state index contributed by atoms with van der Waals surface area (Å²) in [6.45, 7) is 2.89. The van der Waals surface area contributed by atoms with E-state index in [2.05, 4.69) is 16.0 Å². The number of benzene rings is 1. The molecule has 1 aromatic carbocycles. The molecule has 3 amide bonds. The van der Waals surface area contributed by atoms with Gasteiger partial charge in [-0.05, 0) is 50.9 Å². The SMILES string of the molecule is CC(O)C(NC(=O)C(Cc1ccc(O)cc1)NC(=O)C(NC(=O)C(N)CCCCN)C(C)O)C(=O)O. The third-order valence-electron chi connectivity index (χ3n) is 5.42. The summed E-state index contributed by atoms with van der Waals surface area (Å²) in [5.41, 5.74) is 11.8. The van der Waals surface area contributed by atoms with Gasteiger partial charge in [-0.1, -0.05) is 18.6 Å². The van der Waals surface area contributed by atoms with Crippen molar-refractivity contribution < 1.29 is 39.6 Å². The monoisotopic (exact) mass is 511 g/mol. The Hall–Kier alpha value is -3.26. The number of carbonyl (C=O) groups is 4. The lowest BCUT2D eigenvalue weighted by Crippen LogP contribution is -2.60. The summed E-state index contributed by atoms with van der Waals surface area (Å²) in [5.74, 6) is -4.00. The fourth-order valence-electron chi connectivity index (χ4n) is 3.29. The van der Waals surface area contributed by atoms with Gasteiger partial charge in [0, 0.05) is 6.42 Å². The zero-order valence-electron chi connectivity index (χ0n) is 20.4. The summed E-state index contributed by atoms with van der Waals surface area (Å²) in [4.78, 5) is 49.7. The number of aromatic hydroxyl groups is 1. The molecule has 0 spiro atoms. The number of nitrogens with one attached hydrogen (secondary N) is 3. The molecule has 0 aliphatic rings. The smallest absolute Gasteiger partial charge is 0.328 e. The van der Waals surface area contributed by atoms with E-state index in [0.29, 0.717) is 31.4 Å². The average Bonchev–Trinajstić information content (AvgIpc) is 2.80. The topological polar surface area (TPSA) is 237 Å². The maximum absolute atomic E-state index is 13.0. The molecule has 13 heteroatoms. The highest BCUT2D eigenvalue weighted by Gasteiger charge is 2.33. The Labute approximate surface area is 209 Å². The van der Waals surface area contributed by atoms with E-state index in [9.17, 15) is 39.6 Å². The minimum Gasteiger partial charge on any atom is -0.508 e. The Morgan fingerprint density at radius 3 is 1.92 bits per heavy atom. The molecule has 6 unspecified atom stereocenters. The van der Waals surface area contributed by atoms with Crippen molar-refractivity contribution in [2.45, 2.75) is 75.9 Å². The van der Waals surface area contributed by atoms with Gasteiger partial charge in [0.25, 0.3) is 0 Å². The van der Waals surface area contributed by atoms with Crippen molar-refractivity contribution >= 4 is 23.7 Å². The van der Waals surface area contributed by atoms with Crippen molar-refractivity contribution in [2.24, 2.45) is 11.5 Å². The van der Waals surface area contributed by atoms with Gasteiger partial charge in [0.2, 0.25) is 17.7 Å². The zero-order valence-corrected chi connectivity index (χ0v) is 20.4. The molecular formula is C23H37N5O8. The summed E-state index contributed by atoms with van der Waals surface area (Å²) < 4.78 is 0. The van der Waals surface area contributed by atoms with Gasteiger partial charge in [-0.25, -0.2) is 4.79 Å². The number of carboxylic acids is 1. The van der Waals surface area contributed by atoms with Crippen LogP contribution in [-0.2, 0) is 25.6 Å². The lowest BCUT2D eigenvalue weighted by molar-refractivity contribution is -0.145. The third kappa shape index (κ3) is 10.2. The molecular weight excluding hydrogens is 474 g/mol. The molecule has 0 bridgehead atoms. The van der Waals surface area contributed by atoms with E-state index in [0.717, 1.165) is 0 Å². The molecule has 0 aliphatic heterocycles. The highest BCUT2D eigenvalue weighted by atomic mass is 16.4. The van der Waals surface area contributed by atoms with Crippen LogP contribution in [0, 0.1) is 0 Å². The first-order valence-corrected chi connectivity index (χ1v) is 11.6. The number of phenolic OH excluding ortho intramolecular Hbond substituents is 1. The lowest BCUT2D eigenvalue weighted by Gasteiger charge is -2.27. The number of hydrogen-bond donors (Lipinski definition) is 9. The highest BCUT2D eigenvalue weighted by molar-refractivity contribution is 5.94. The molecule has 1 aromatic rings. The Kier molecular flexibility index (Phi) is 12.8. The highest BCUT2D eigenvalue weighted by Crippen LogP contribution is 2.12. The minimum absolute atomic E-state index is 0.0245. The number of aliphatic hydroxyl groups excluding tert-OH is 2. The first-order valence-electron chi connectivity index (χ1n) is 11.6. The minimum atomic E-state index is -1.64. The first kappa shape index (κ1) is 30.8. The molecule has 11 N–H and O–H groups in total. The van der Waals surface area contributed by atoms with E-state index in [-0.39, 0.29) is 12.2 Å². The maximum atomic E-state index is 13.0. The van der Waals surface area contributed by atoms with Crippen LogP contribution in [0.3, 0.4) is 0 Å². The molecule has 13 nitrogen and oxygen atoms in total. The van der Waals surface area contributed by atoms with Crippen LogP contribution in [0.2, 0.25) is 0 Å². The number of hydrogen-bond acceptors (Lipinski definition) is 9. The van der Waals surface area contributed by atoms with Crippen molar-refractivity contribution in [3.8, 4) is 5.75 Å². The Morgan fingerprint density at radius 2 is 1.42 bits per heavy atom. The molecule has 36 heavy (non-hydrogen) atoms. The molecule has 6 atom stereocenters. The summed E-state index contributed by atoms with van der Waals surface area (Å²) in [6, 6.07) is 0.345. The van der Waals surface area contributed by atoms with Crippen LogP contribution >= 0.6 is 0 Å². The van der Waals surface area contributed by atoms with Gasteiger partial charge < -0.3 is 47.8 Å². The van der Waals surface area contributed by atoms with Crippen LogP contribution < -0.4 is 27.4 Å². The van der Waals surface area contributed by atoms with Gasteiger partial charge in [-0.2, -0.15) is 0 Å². The van der Waals surface area contributed by atoms with Crippen LogP contribution in [-0.4, -0.2) is 87.0 Å². The van der Waals surface area contributed by atoms with Crippen molar-refractivity contribution in [3.05, 3.63) is 29.8 Å². The molecule has 0 saturated carbocycles. The van der Waals surface area contributed by atoms with Gasteiger partial charge >= 0.3 is 5.97 Å². The van der Waals surface area contributed by atoms with Crippen molar-refractivity contribution in [3.63, 3.8) is 0 Å². The molecule has 0 fully saturated rings. The van der Waals surface area contributed by atoms with E-state index < -0.39 is 60.1 Å². The zero-order chi connectivity index (χ0) is 27.4.